The molecule has 36 heavy (non-hydrogen) atoms. The Morgan fingerprint density at radius 1 is 0.972 bits per heavy atom. The second-order valence-electron chi connectivity index (χ2n) is 10.5. The lowest BCUT2D eigenvalue weighted by Gasteiger charge is -2.39. The Morgan fingerprint density at radius 2 is 1.67 bits per heavy atom. The smallest absolute Gasteiger partial charge is 0.410 e. The number of nitrogens with zero attached hydrogens (tertiary/aromatic N) is 1. The lowest BCUT2D eigenvalue weighted by molar-refractivity contribution is -0.136. The van der Waals surface area contributed by atoms with Crippen molar-refractivity contribution >= 4 is 22.8 Å². The number of benzene rings is 3. The molecule has 2 unspecified atom stereocenters. The maximum absolute atomic E-state index is 12.8. The molecule has 6 nitrogen and oxygen atoms in total. The number of amides is 1. The number of carboxylic acid groups (broad SMARTS) is 1. The number of ether oxygens (including phenoxy) is 2. The number of carboxylic acids is 1. The third-order valence-electron chi connectivity index (χ3n) is 6.52. The number of hydrogen-bond acceptors (Lipinski definition) is 4. The lowest BCUT2D eigenvalue weighted by Crippen LogP contribution is -2.48. The minimum Gasteiger partial charge on any atom is -0.481 e. The molecule has 1 fully saturated rings. The number of fused-ring (bicyclic) bond motifs is 1. The van der Waals surface area contributed by atoms with Crippen molar-refractivity contribution in [2.75, 3.05) is 13.1 Å². The van der Waals surface area contributed by atoms with Gasteiger partial charge in [0.05, 0.1) is 19.3 Å². The molecule has 0 aromatic heterocycles. The van der Waals surface area contributed by atoms with Crippen LogP contribution in [0.4, 0.5) is 4.79 Å². The molecule has 1 aliphatic heterocycles. The molecule has 1 N–H and O–H groups in total. The molecule has 190 valence electrons. The van der Waals surface area contributed by atoms with Crippen molar-refractivity contribution in [3.05, 3.63) is 83.4 Å². The summed E-state index contributed by atoms with van der Waals surface area (Å²) in [5.41, 5.74) is 2.68. The standard InChI is InChI=1S/C30H35NO5/c1-30(2,3)36-29(34)31-17-16-26(24-13-8-21(9-14-24)11-15-28(32)33)27(19-31)35-20-22-10-12-23-6-4-5-7-25(23)18-22/h4-10,12-14,18,26-27H,11,15-17,19-20H2,1-3H3,(H,32,33). The van der Waals surface area contributed by atoms with E-state index < -0.39 is 11.6 Å². The quantitative estimate of drug-likeness (QED) is 0.430. The molecule has 0 radical (unpaired) electrons. The molecule has 2 atom stereocenters. The SMILES string of the molecule is CC(C)(C)OC(=O)N1CCC(c2ccc(CCC(=O)O)cc2)C(OCc2ccc3ccccc3c2)C1. The molecule has 3 aromatic rings. The van der Waals surface area contributed by atoms with E-state index in [4.69, 9.17) is 14.6 Å². The number of rotatable bonds is 7. The number of likely N-dealkylation sites (tertiary alicyclic amines) is 1. The first kappa shape index (κ1) is 25.7. The third kappa shape index (κ3) is 6.85. The molecule has 1 heterocycles. The van der Waals surface area contributed by atoms with E-state index in [0.29, 0.717) is 26.1 Å². The third-order valence-corrected chi connectivity index (χ3v) is 6.52. The summed E-state index contributed by atoms with van der Waals surface area (Å²) in [7, 11) is 0. The van der Waals surface area contributed by atoms with Crippen molar-refractivity contribution in [3.63, 3.8) is 0 Å². The summed E-state index contributed by atoms with van der Waals surface area (Å²) in [6.07, 6.45) is 0.877. The largest absolute Gasteiger partial charge is 0.481 e. The van der Waals surface area contributed by atoms with E-state index in [1.54, 1.807) is 4.90 Å². The highest BCUT2D eigenvalue weighted by Gasteiger charge is 2.35. The molecule has 1 saturated heterocycles. The monoisotopic (exact) mass is 489 g/mol. The Balaban J connectivity index is 1.50. The zero-order chi connectivity index (χ0) is 25.7. The summed E-state index contributed by atoms with van der Waals surface area (Å²) in [5.74, 6) is -0.673. The van der Waals surface area contributed by atoms with Crippen LogP contribution < -0.4 is 0 Å². The summed E-state index contributed by atoms with van der Waals surface area (Å²) < 4.78 is 12.1. The van der Waals surface area contributed by atoms with E-state index in [0.717, 1.165) is 23.1 Å². The van der Waals surface area contributed by atoms with E-state index in [1.165, 1.54) is 10.8 Å². The molecule has 0 saturated carbocycles. The van der Waals surface area contributed by atoms with E-state index in [9.17, 15) is 9.59 Å². The molecule has 3 aromatic carbocycles. The van der Waals surface area contributed by atoms with Gasteiger partial charge >= 0.3 is 12.1 Å². The Kier molecular flexibility index (Phi) is 7.94. The Morgan fingerprint density at radius 3 is 2.36 bits per heavy atom. The van der Waals surface area contributed by atoms with Crippen molar-refractivity contribution in [3.8, 4) is 0 Å². The lowest BCUT2D eigenvalue weighted by atomic mass is 9.86. The summed E-state index contributed by atoms with van der Waals surface area (Å²) >= 11 is 0. The van der Waals surface area contributed by atoms with Crippen LogP contribution in [0, 0.1) is 0 Å². The molecule has 0 spiro atoms. The van der Waals surface area contributed by atoms with Crippen LogP contribution in [0.15, 0.2) is 66.7 Å². The first-order chi connectivity index (χ1) is 17.2. The maximum Gasteiger partial charge on any atom is 0.410 e. The van der Waals surface area contributed by atoms with Gasteiger partial charge in [0.25, 0.3) is 0 Å². The maximum atomic E-state index is 12.8. The Bertz CT molecular complexity index is 1200. The highest BCUT2D eigenvalue weighted by Crippen LogP contribution is 2.32. The van der Waals surface area contributed by atoms with Gasteiger partial charge in [-0.05, 0) is 67.1 Å². The Labute approximate surface area is 212 Å². The zero-order valence-electron chi connectivity index (χ0n) is 21.3. The average Bonchev–Trinajstić information content (AvgIpc) is 2.85. The molecule has 0 bridgehead atoms. The molecule has 4 rings (SSSR count). The van der Waals surface area contributed by atoms with E-state index in [1.807, 2.05) is 45.0 Å². The molecular formula is C30H35NO5. The fraction of sp³-hybridized carbons (Fsp3) is 0.400. The number of aliphatic carboxylic acids is 1. The molecule has 1 amide bonds. The van der Waals surface area contributed by atoms with Gasteiger partial charge in [0.15, 0.2) is 0 Å². The van der Waals surface area contributed by atoms with Gasteiger partial charge in [-0.1, -0.05) is 60.7 Å². The fourth-order valence-corrected chi connectivity index (χ4v) is 4.67. The highest BCUT2D eigenvalue weighted by molar-refractivity contribution is 5.82. The molecule has 6 heteroatoms. The van der Waals surface area contributed by atoms with Crippen LogP contribution in [0.25, 0.3) is 10.8 Å². The van der Waals surface area contributed by atoms with E-state index in [-0.39, 0.29) is 24.5 Å². The van der Waals surface area contributed by atoms with E-state index >= 15 is 0 Å². The fourth-order valence-electron chi connectivity index (χ4n) is 4.67. The van der Waals surface area contributed by atoms with Gasteiger partial charge < -0.3 is 19.5 Å². The first-order valence-electron chi connectivity index (χ1n) is 12.6. The number of carbonyl (C=O) groups excluding carboxylic acids is 1. The van der Waals surface area contributed by atoms with Crippen molar-refractivity contribution in [2.24, 2.45) is 0 Å². The van der Waals surface area contributed by atoms with Crippen molar-refractivity contribution in [1.82, 2.24) is 4.90 Å². The predicted molar refractivity (Wildman–Crippen MR) is 140 cm³/mol. The van der Waals surface area contributed by atoms with Crippen LogP contribution in [0.1, 0.15) is 56.2 Å². The molecule has 0 aliphatic carbocycles. The van der Waals surface area contributed by atoms with E-state index in [2.05, 4.69) is 42.5 Å². The zero-order valence-corrected chi connectivity index (χ0v) is 21.3. The average molecular weight is 490 g/mol. The van der Waals surface area contributed by atoms with Crippen LogP contribution in [-0.2, 0) is 27.3 Å². The summed E-state index contributed by atoms with van der Waals surface area (Å²) in [6.45, 7) is 7.11. The first-order valence-corrected chi connectivity index (χ1v) is 12.6. The van der Waals surface area contributed by atoms with Gasteiger partial charge in [-0.2, -0.15) is 0 Å². The van der Waals surface area contributed by atoms with Crippen LogP contribution >= 0.6 is 0 Å². The minimum atomic E-state index is -0.796. The highest BCUT2D eigenvalue weighted by atomic mass is 16.6. The topological polar surface area (TPSA) is 76.1 Å². The van der Waals surface area contributed by atoms with Crippen molar-refractivity contribution in [2.45, 2.75) is 64.3 Å². The number of hydrogen-bond donors (Lipinski definition) is 1. The predicted octanol–water partition coefficient (Wildman–Crippen LogP) is 6.17. The van der Waals surface area contributed by atoms with Crippen LogP contribution in [0.2, 0.25) is 0 Å². The van der Waals surface area contributed by atoms with Crippen LogP contribution in [-0.4, -0.2) is 46.9 Å². The van der Waals surface area contributed by atoms with Crippen molar-refractivity contribution < 1.29 is 24.2 Å². The second-order valence-corrected chi connectivity index (χ2v) is 10.5. The molecular weight excluding hydrogens is 454 g/mol. The summed E-state index contributed by atoms with van der Waals surface area (Å²) in [6, 6.07) is 22.7. The van der Waals surface area contributed by atoms with Gasteiger partial charge in [0.1, 0.15) is 5.60 Å². The summed E-state index contributed by atoms with van der Waals surface area (Å²) in [4.78, 5) is 25.4. The summed E-state index contributed by atoms with van der Waals surface area (Å²) in [5, 5.41) is 11.3. The van der Waals surface area contributed by atoms with Gasteiger partial charge in [-0.3, -0.25) is 4.79 Å². The van der Waals surface area contributed by atoms with Gasteiger partial charge in [-0.25, -0.2) is 4.79 Å². The van der Waals surface area contributed by atoms with Gasteiger partial charge in [0.2, 0.25) is 0 Å². The van der Waals surface area contributed by atoms with Gasteiger partial charge in [0, 0.05) is 18.9 Å². The second kappa shape index (κ2) is 11.1. The molecule has 1 aliphatic rings. The Hall–Kier alpha value is -3.38. The minimum absolute atomic E-state index is 0.116. The van der Waals surface area contributed by atoms with Crippen LogP contribution in [0.5, 0.6) is 0 Å². The van der Waals surface area contributed by atoms with Crippen LogP contribution in [0.3, 0.4) is 0 Å². The number of piperidine rings is 1. The normalized spacial score (nSPS) is 18.2. The van der Waals surface area contributed by atoms with Gasteiger partial charge in [-0.15, -0.1) is 0 Å². The van der Waals surface area contributed by atoms with Crippen molar-refractivity contribution in [1.29, 1.82) is 0 Å². The number of carbonyl (C=O) groups is 2. The number of aryl methyl sites for hydroxylation is 1.